The Labute approximate surface area is 491 Å². The Bertz CT molecular complexity index is 3420. The van der Waals surface area contributed by atoms with Gasteiger partial charge in [0, 0.05) is 91.2 Å². The highest BCUT2D eigenvalue weighted by Crippen LogP contribution is 2.43. The third kappa shape index (κ3) is 14.6. The van der Waals surface area contributed by atoms with Gasteiger partial charge in [0.25, 0.3) is 17.4 Å². The molecule has 2 atom stereocenters. The first-order valence-corrected chi connectivity index (χ1v) is 29.6. The molecule has 85 heavy (non-hydrogen) atoms. The molecule has 2 unspecified atom stereocenters. The third-order valence-corrected chi connectivity index (χ3v) is 16.5. The molecule has 6 heterocycles. The molecule has 3 aliphatic heterocycles. The van der Waals surface area contributed by atoms with Gasteiger partial charge in [-0.25, -0.2) is 19.3 Å². The van der Waals surface area contributed by atoms with Crippen molar-refractivity contribution in [2.75, 3.05) is 38.3 Å². The van der Waals surface area contributed by atoms with Gasteiger partial charge < -0.3 is 38.7 Å². The van der Waals surface area contributed by atoms with Crippen molar-refractivity contribution in [2.24, 2.45) is 17.8 Å². The first-order valence-electron chi connectivity index (χ1n) is 29.6. The number of carbonyl (C=O) groups excluding carboxylic acids is 8. The number of hydrogen-bond acceptors (Lipinski definition) is 18. The van der Waals surface area contributed by atoms with Crippen molar-refractivity contribution in [3.63, 3.8) is 0 Å². The molecule has 1 aliphatic carbocycles. The fourth-order valence-electron chi connectivity index (χ4n) is 11.8. The molecule has 5 aromatic rings. The number of nitrogens with zero attached hydrogens (tertiary/aromatic N) is 6. The molecule has 3 aromatic heterocycles. The summed E-state index contributed by atoms with van der Waals surface area (Å²) in [5.41, 5.74) is 3.09. The smallest absolute Gasteiger partial charge is 0.508 e. The van der Waals surface area contributed by atoms with Crippen LogP contribution in [0.5, 0.6) is 5.75 Å². The van der Waals surface area contributed by atoms with E-state index in [1.807, 2.05) is 13.8 Å². The molecule has 1 saturated carbocycles. The van der Waals surface area contributed by atoms with Gasteiger partial charge in [-0.05, 0) is 105 Å². The first-order chi connectivity index (χ1) is 41.1. The van der Waals surface area contributed by atoms with Gasteiger partial charge in [0.15, 0.2) is 11.6 Å². The number of nitrogens with one attached hydrogen (secondary N) is 1. The summed E-state index contributed by atoms with van der Waals surface area (Å²) >= 11 is 0. The Balaban J connectivity index is 0.669. The Kier molecular flexibility index (Phi) is 20.3. The molecule has 450 valence electrons. The Morgan fingerprint density at radius 2 is 1.62 bits per heavy atom. The quantitative estimate of drug-likeness (QED) is 0.0248. The standard InChI is InChI=1S/C63H73N7O15/c1-4-7-8-10-42(29-47(73)37-82-36-46(72)11-9-27-81-28-26-68-33-44(66-67-68)20-23-55(74)41-16-12-39(13-17-41)32-70-56(75)24-25-57(70)76)59(77)64-43-18-14-40(15-19-43)35-84-62(80)85-63(6-3)52-31-54-58-50(34-69(54)60(78)51(52)38-83-61(63)79)48(5-2)49-30-45(71)21-22-53(49)65-58/h14-15,18-19,21-22,24-25,30-31,33,39,41-42,71H,4-13,16-17,20,23,26-29,32,34-38H2,1-3H3,(H,64,77). The molecule has 22 nitrogen and oxygen atoms in total. The molecule has 2 aromatic carbocycles. The number of unbranched alkanes of at least 4 members (excludes halogenated alkanes) is 2. The van der Waals surface area contributed by atoms with Crippen molar-refractivity contribution in [1.29, 1.82) is 0 Å². The van der Waals surface area contributed by atoms with E-state index in [0.717, 1.165) is 61.5 Å². The lowest BCUT2D eigenvalue weighted by atomic mass is 9.79. The van der Waals surface area contributed by atoms with Gasteiger partial charge in [-0.1, -0.05) is 57.4 Å². The number of cyclic esters (lactones) is 1. The van der Waals surface area contributed by atoms with Crippen LogP contribution in [0, 0.1) is 17.8 Å². The number of amides is 3. The van der Waals surface area contributed by atoms with Crippen LogP contribution in [0.25, 0.3) is 22.3 Å². The number of aromatic nitrogens is 5. The van der Waals surface area contributed by atoms with Crippen LogP contribution in [-0.4, -0.2) is 115 Å². The molecule has 0 saturated heterocycles. The minimum atomic E-state index is -1.99. The Morgan fingerprint density at radius 3 is 2.36 bits per heavy atom. The number of phenols is 1. The van der Waals surface area contributed by atoms with E-state index < -0.39 is 29.2 Å². The lowest BCUT2D eigenvalue weighted by molar-refractivity contribution is -0.175. The summed E-state index contributed by atoms with van der Waals surface area (Å²) in [6, 6.07) is 13.1. The number of esters is 1. The molecule has 9 rings (SSSR count). The molecular formula is C63H73N7O15. The predicted molar refractivity (Wildman–Crippen MR) is 307 cm³/mol. The number of imide groups is 1. The fourth-order valence-corrected chi connectivity index (χ4v) is 11.8. The van der Waals surface area contributed by atoms with E-state index in [9.17, 15) is 48.3 Å². The summed E-state index contributed by atoms with van der Waals surface area (Å²) in [5, 5.41) is 22.2. The number of hydrogen-bond donors (Lipinski definition) is 2. The average Bonchev–Trinajstić information content (AvgIpc) is 1.80. The molecule has 0 spiro atoms. The number of ether oxygens (including phenoxy) is 5. The van der Waals surface area contributed by atoms with Crippen LogP contribution < -0.4 is 10.9 Å². The van der Waals surface area contributed by atoms with Gasteiger partial charge >= 0.3 is 12.1 Å². The lowest BCUT2D eigenvalue weighted by Gasteiger charge is -2.35. The van der Waals surface area contributed by atoms with E-state index >= 15 is 0 Å². The van der Waals surface area contributed by atoms with E-state index in [0.29, 0.717) is 92.3 Å². The first kappa shape index (κ1) is 61.3. The van der Waals surface area contributed by atoms with Gasteiger partial charge in [0.2, 0.25) is 11.5 Å². The molecule has 1 fully saturated rings. The van der Waals surface area contributed by atoms with Gasteiger partial charge in [0.1, 0.15) is 38.0 Å². The highest BCUT2D eigenvalue weighted by molar-refractivity contribution is 6.12. The number of Topliss-reactive ketones (excluding diaryl/α,β-unsaturated/α-hetero) is 3. The predicted octanol–water partition coefficient (Wildman–Crippen LogP) is 7.71. The van der Waals surface area contributed by atoms with E-state index in [1.165, 1.54) is 17.1 Å². The molecule has 0 radical (unpaired) electrons. The van der Waals surface area contributed by atoms with E-state index in [-0.39, 0.29) is 116 Å². The third-order valence-electron chi connectivity index (χ3n) is 16.5. The zero-order valence-corrected chi connectivity index (χ0v) is 48.4. The number of anilines is 1. The van der Waals surface area contributed by atoms with Crippen LogP contribution in [0.15, 0.2) is 71.7 Å². The number of aryl methyl sites for hydroxylation is 2. The van der Waals surface area contributed by atoms with Gasteiger partial charge in [-0.2, -0.15) is 0 Å². The zero-order chi connectivity index (χ0) is 60.2. The normalized spacial score (nSPS) is 18.2. The maximum atomic E-state index is 14.1. The minimum absolute atomic E-state index is 0.0329. The molecule has 22 heteroatoms. The van der Waals surface area contributed by atoms with Crippen LogP contribution in [-0.2, 0) is 102 Å². The number of ketones is 3. The summed E-state index contributed by atoms with van der Waals surface area (Å²) in [5.74, 6) is -2.42. The fraction of sp³-hybridized carbons (Fsp3) is 0.492. The van der Waals surface area contributed by atoms with Gasteiger partial charge in [-0.15, -0.1) is 5.10 Å². The number of fused-ring (bicyclic) bond motifs is 5. The highest BCUT2D eigenvalue weighted by Gasteiger charge is 2.51. The molecule has 0 bridgehead atoms. The SMILES string of the molecule is CCCCCC(CC(=O)COCC(=O)CCCOCCn1cc(CCC(=O)C2CCC(CN3C(=O)C=CC3=O)CC2)nn1)C(=O)Nc1ccc(COC(=O)OC2(CC)C(=O)OCc3c2cc2n(c3=O)Cc3c-2nc2ccc(O)cc2c3CC)cc1. The second kappa shape index (κ2) is 28.1. The van der Waals surface area contributed by atoms with E-state index in [2.05, 4.69) is 15.6 Å². The van der Waals surface area contributed by atoms with Crippen molar-refractivity contribution in [3.05, 3.63) is 111 Å². The summed E-state index contributed by atoms with van der Waals surface area (Å²) in [6.45, 7) is 6.28. The van der Waals surface area contributed by atoms with E-state index in [1.54, 1.807) is 70.9 Å². The second-order valence-electron chi connectivity index (χ2n) is 22.3. The number of rotatable bonds is 30. The summed E-state index contributed by atoms with van der Waals surface area (Å²) < 4.78 is 31.3. The highest BCUT2D eigenvalue weighted by atomic mass is 16.7. The number of aromatic hydroxyl groups is 1. The summed E-state index contributed by atoms with van der Waals surface area (Å²) in [4.78, 5) is 123. The maximum Gasteiger partial charge on any atom is 0.510 e. The number of pyridine rings is 2. The van der Waals surface area contributed by atoms with Crippen LogP contribution >= 0.6 is 0 Å². The number of carbonyl (C=O) groups is 8. The lowest BCUT2D eigenvalue weighted by Crippen LogP contribution is -2.47. The Morgan fingerprint density at radius 1 is 0.859 bits per heavy atom. The molecule has 2 N–H and O–H groups in total. The van der Waals surface area contributed by atoms with Crippen molar-refractivity contribution < 1.29 is 67.1 Å². The van der Waals surface area contributed by atoms with Gasteiger partial charge in [-0.3, -0.25) is 38.5 Å². The zero-order valence-electron chi connectivity index (χ0n) is 48.4. The number of phenolic OH excluding ortho intramolecular Hbond substituents is 1. The van der Waals surface area contributed by atoms with Crippen molar-refractivity contribution in [3.8, 4) is 17.1 Å². The Hall–Kier alpha value is -8.24. The molecular weight excluding hydrogens is 1090 g/mol. The minimum Gasteiger partial charge on any atom is -0.508 e. The second-order valence-corrected chi connectivity index (χ2v) is 22.3. The van der Waals surface area contributed by atoms with Crippen molar-refractivity contribution in [2.45, 2.75) is 149 Å². The summed E-state index contributed by atoms with van der Waals surface area (Å²) in [7, 11) is 0. The molecule has 4 aliphatic rings. The monoisotopic (exact) mass is 1170 g/mol. The average molecular weight is 1170 g/mol. The van der Waals surface area contributed by atoms with Crippen molar-refractivity contribution in [1.82, 2.24) is 29.4 Å². The van der Waals surface area contributed by atoms with Crippen LogP contribution in [0.4, 0.5) is 10.5 Å². The maximum absolute atomic E-state index is 14.1. The van der Waals surface area contributed by atoms with Gasteiger partial charge in [0.05, 0.1) is 47.9 Å². The number of benzene rings is 2. The topological polar surface area (TPSA) is 284 Å². The van der Waals surface area contributed by atoms with Crippen LogP contribution in [0.3, 0.4) is 0 Å². The molecule has 3 amide bonds. The van der Waals surface area contributed by atoms with Crippen molar-refractivity contribution >= 4 is 63.8 Å². The van der Waals surface area contributed by atoms with Crippen LogP contribution in [0.1, 0.15) is 138 Å². The van der Waals surface area contributed by atoms with E-state index in [4.69, 9.17) is 28.7 Å². The van der Waals surface area contributed by atoms with Crippen LogP contribution in [0.2, 0.25) is 0 Å². The largest absolute Gasteiger partial charge is 0.510 e. The summed E-state index contributed by atoms with van der Waals surface area (Å²) in [6.07, 6.45) is 11.3.